The number of aromatic nitrogens is 1. The molecule has 1 saturated heterocycles. The van der Waals surface area contributed by atoms with Crippen LogP contribution < -0.4 is 10.0 Å². The van der Waals surface area contributed by atoms with Gasteiger partial charge in [-0.05, 0) is 49.7 Å². The quantitative estimate of drug-likeness (QED) is 0.645. The molecule has 3 atom stereocenters. The molecule has 1 N–H and O–H groups in total. The third kappa shape index (κ3) is 6.79. The van der Waals surface area contributed by atoms with Crippen molar-refractivity contribution in [2.24, 2.45) is 17.8 Å². The lowest BCUT2D eigenvalue weighted by atomic mass is 9.80. The van der Waals surface area contributed by atoms with Crippen LogP contribution in [0.15, 0.2) is 24.4 Å². The molecule has 166 valence electrons. The molecular formula is C24H37N3O3. The number of pyridine rings is 1. The maximum Gasteiger partial charge on any atom is 0.225 e. The Hall–Kier alpha value is -1.95. The molecule has 1 aromatic heterocycles. The maximum absolute atomic E-state index is 13.0. The Labute approximate surface area is 180 Å². The van der Waals surface area contributed by atoms with Crippen LogP contribution in [0, 0.1) is 17.8 Å². The number of hydrogen-bond acceptors (Lipinski definition) is 4. The third-order valence-corrected chi connectivity index (χ3v) is 7.06. The fraction of sp³-hybridized carbons (Fsp3) is 0.708. The van der Waals surface area contributed by atoms with Gasteiger partial charge in [-0.1, -0.05) is 25.3 Å². The van der Waals surface area contributed by atoms with E-state index in [0.29, 0.717) is 19.0 Å². The van der Waals surface area contributed by atoms with Crippen molar-refractivity contribution in [3.63, 3.8) is 0 Å². The average molecular weight is 416 g/mol. The van der Waals surface area contributed by atoms with Crippen LogP contribution in [-0.2, 0) is 16.0 Å². The topological polar surface area (TPSA) is 77.8 Å². The molecule has 1 saturated carbocycles. The highest BCUT2D eigenvalue weighted by molar-refractivity contribution is 5.79. The van der Waals surface area contributed by atoms with Crippen molar-refractivity contribution in [3.05, 3.63) is 30.1 Å². The smallest absolute Gasteiger partial charge is 0.225 e. The lowest BCUT2D eigenvalue weighted by Gasteiger charge is -2.41. The molecule has 0 spiro atoms. The number of carbonyl (C=O) groups excluding carboxylic acids is 2. The SMILES string of the molecule is C[NH+](CCc1ccccn1)CC[C@H]1CN(C(=O)C2CCCCC2)CC[C@H]1CC(=O)[O-]. The fourth-order valence-corrected chi connectivity index (χ4v) is 5.14. The van der Waals surface area contributed by atoms with E-state index in [9.17, 15) is 14.7 Å². The molecule has 1 unspecified atom stereocenters. The van der Waals surface area contributed by atoms with E-state index in [2.05, 4.69) is 18.1 Å². The zero-order valence-corrected chi connectivity index (χ0v) is 18.4. The molecule has 1 aliphatic carbocycles. The molecule has 6 heteroatoms. The number of quaternary nitrogens is 1. The number of hydrogen-bond donors (Lipinski definition) is 1. The van der Waals surface area contributed by atoms with Gasteiger partial charge in [0.2, 0.25) is 5.91 Å². The summed E-state index contributed by atoms with van der Waals surface area (Å²) in [4.78, 5) is 32.1. The molecule has 30 heavy (non-hydrogen) atoms. The van der Waals surface area contributed by atoms with Gasteiger partial charge >= 0.3 is 0 Å². The third-order valence-electron chi connectivity index (χ3n) is 7.06. The number of likely N-dealkylation sites (tertiary alicyclic amines) is 1. The van der Waals surface area contributed by atoms with E-state index in [0.717, 1.165) is 63.7 Å². The zero-order valence-electron chi connectivity index (χ0n) is 18.4. The van der Waals surface area contributed by atoms with Gasteiger partial charge in [0.05, 0.1) is 20.1 Å². The van der Waals surface area contributed by atoms with Gasteiger partial charge in [-0.15, -0.1) is 0 Å². The first-order valence-corrected chi connectivity index (χ1v) is 11.7. The van der Waals surface area contributed by atoms with Crippen molar-refractivity contribution in [2.75, 3.05) is 33.2 Å². The number of nitrogens with zero attached hydrogens (tertiary/aromatic N) is 2. The number of rotatable bonds is 9. The molecule has 2 heterocycles. The van der Waals surface area contributed by atoms with Crippen LogP contribution >= 0.6 is 0 Å². The van der Waals surface area contributed by atoms with Crippen LogP contribution in [0.1, 0.15) is 57.1 Å². The summed E-state index contributed by atoms with van der Waals surface area (Å²) >= 11 is 0. The molecule has 0 bridgehead atoms. The molecule has 1 aliphatic heterocycles. The summed E-state index contributed by atoms with van der Waals surface area (Å²) < 4.78 is 0. The number of nitrogens with one attached hydrogen (secondary N) is 1. The number of carboxylic acid groups (broad SMARTS) is 1. The van der Waals surface area contributed by atoms with E-state index >= 15 is 0 Å². The van der Waals surface area contributed by atoms with Gasteiger partial charge in [0.15, 0.2) is 0 Å². The predicted octanol–water partition coefficient (Wildman–Crippen LogP) is 0.714. The van der Waals surface area contributed by atoms with Crippen LogP contribution in [0.3, 0.4) is 0 Å². The first kappa shape index (κ1) is 22.7. The van der Waals surface area contributed by atoms with Gasteiger partial charge in [0, 0.05) is 49.7 Å². The average Bonchev–Trinajstić information content (AvgIpc) is 2.77. The standard InChI is InChI=1S/C24H37N3O3/c1-26(15-12-22-9-5-6-13-25-22)14-10-21-18-27(16-11-20(21)17-23(28)29)24(30)19-7-3-2-4-8-19/h5-6,9,13,19-21H,2-4,7-8,10-12,14-18H2,1H3,(H,28,29)/t20-,21-/m0/s1. The number of carboxylic acids is 1. The van der Waals surface area contributed by atoms with E-state index < -0.39 is 5.97 Å². The van der Waals surface area contributed by atoms with Crippen molar-refractivity contribution in [3.8, 4) is 0 Å². The fourth-order valence-electron chi connectivity index (χ4n) is 5.14. The normalized spacial score (nSPS) is 23.8. The van der Waals surface area contributed by atoms with E-state index in [1.807, 2.05) is 23.2 Å². The molecule has 0 aromatic carbocycles. The number of carbonyl (C=O) groups is 2. The Morgan fingerprint density at radius 1 is 1.13 bits per heavy atom. The van der Waals surface area contributed by atoms with Crippen molar-refractivity contribution in [2.45, 2.75) is 57.8 Å². The molecule has 1 aromatic rings. The first-order valence-electron chi connectivity index (χ1n) is 11.7. The summed E-state index contributed by atoms with van der Waals surface area (Å²) in [5.74, 6) is -0.109. The Bertz CT molecular complexity index is 676. The Morgan fingerprint density at radius 2 is 1.93 bits per heavy atom. The minimum atomic E-state index is -0.965. The lowest BCUT2D eigenvalue weighted by molar-refractivity contribution is -0.880. The van der Waals surface area contributed by atoms with E-state index in [4.69, 9.17) is 0 Å². The second-order valence-electron chi connectivity index (χ2n) is 9.32. The summed E-state index contributed by atoms with van der Waals surface area (Å²) in [6, 6.07) is 6.00. The number of likely N-dealkylation sites (N-methyl/N-ethyl adjacent to an activating group) is 1. The van der Waals surface area contributed by atoms with Gasteiger partial charge in [-0.2, -0.15) is 0 Å². The van der Waals surface area contributed by atoms with Gasteiger partial charge < -0.3 is 19.7 Å². The molecule has 2 fully saturated rings. The monoisotopic (exact) mass is 415 g/mol. The van der Waals surface area contributed by atoms with Crippen molar-refractivity contribution in [1.29, 1.82) is 0 Å². The summed E-state index contributed by atoms with van der Waals surface area (Å²) in [7, 11) is 2.18. The van der Waals surface area contributed by atoms with Gasteiger partial charge in [0.1, 0.15) is 0 Å². The largest absolute Gasteiger partial charge is 0.550 e. The highest BCUT2D eigenvalue weighted by Gasteiger charge is 2.34. The minimum absolute atomic E-state index is 0.114. The number of aliphatic carboxylic acids is 1. The summed E-state index contributed by atoms with van der Waals surface area (Å²) in [5.41, 5.74) is 1.11. The van der Waals surface area contributed by atoms with Crippen molar-refractivity contribution < 1.29 is 19.6 Å². The van der Waals surface area contributed by atoms with Crippen LogP contribution in [0.25, 0.3) is 0 Å². The van der Waals surface area contributed by atoms with Crippen LogP contribution in [0.2, 0.25) is 0 Å². The van der Waals surface area contributed by atoms with Gasteiger partial charge in [-0.3, -0.25) is 9.78 Å². The summed E-state index contributed by atoms with van der Waals surface area (Å²) in [5, 5.41) is 11.3. The van der Waals surface area contributed by atoms with Gasteiger partial charge in [0.25, 0.3) is 0 Å². The number of piperidine rings is 1. The molecule has 1 amide bonds. The van der Waals surface area contributed by atoms with E-state index in [1.54, 1.807) is 0 Å². The summed E-state index contributed by atoms with van der Waals surface area (Å²) in [6.45, 7) is 3.39. The molecule has 3 rings (SSSR count). The molecule has 2 aliphatic rings. The molecular weight excluding hydrogens is 378 g/mol. The minimum Gasteiger partial charge on any atom is -0.550 e. The lowest BCUT2D eigenvalue weighted by Crippen LogP contribution is -3.09. The van der Waals surface area contributed by atoms with E-state index in [1.165, 1.54) is 11.3 Å². The Balaban J connectivity index is 1.52. The highest BCUT2D eigenvalue weighted by Crippen LogP contribution is 2.32. The molecule has 6 nitrogen and oxygen atoms in total. The van der Waals surface area contributed by atoms with Crippen molar-refractivity contribution in [1.82, 2.24) is 9.88 Å². The van der Waals surface area contributed by atoms with Crippen molar-refractivity contribution >= 4 is 11.9 Å². The first-order chi connectivity index (χ1) is 14.5. The Morgan fingerprint density at radius 3 is 2.63 bits per heavy atom. The second kappa shape index (κ2) is 11.4. The molecule has 0 radical (unpaired) electrons. The van der Waals surface area contributed by atoms with E-state index in [-0.39, 0.29) is 24.2 Å². The summed E-state index contributed by atoms with van der Waals surface area (Å²) in [6.07, 6.45) is 10.2. The highest BCUT2D eigenvalue weighted by atomic mass is 16.4. The predicted molar refractivity (Wildman–Crippen MR) is 114 cm³/mol. The van der Waals surface area contributed by atoms with Crippen LogP contribution in [0.5, 0.6) is 0 Å². The second-order valence-corrected chi connectivity index (χ2v) is 9.32. The maximum atomic E-state index is 13.0. The van der Waals surface area contributed by atoms with Gasteiger partial charge in [-0.25, -0.2) is 0 Å². The Kier molecular flexibility index (Phi) is 8.67. The van der Waals surface area contributed by atoms with Crippen LogP contribution in [0.4, 0.5) is 0 Å². The van der Waals surface area contributed by atoms with Crippen LogP contribution in [-0.4, -0.2) is 55.0 Å². The number of amides is 1. The zero-order chi connectivity index (χ0) is 21.3.